The van der Waals surface area contributed by atoms with E-state index in [1.54, 1.807) is 0 Å². The standard InChI is InChI=1S/C12H10N8/c13-20-19-12-17-9-10(15-7-16-11(9)18-12)14-6-8-4-2-1-3-5-8/h1-5,7H,6H2,(H2,14,15,16,17,18). The van der Waals surface area contributed by atoms with Crippen LogP contribution in [0.5, 0.6) is 0 Å². The van der Waals surface area contributed by atoms with Crippen molar-refractivity contribution in [2.75, 3.05) is 5.32 Å². The van der Waals surface area contributed by atoms with Gasteiger partial charge in [-0.15, -0.1) is 0 Å². The molecule has 3 rings (SSSR count). The lowest BCUT2D eigenvalue weighted by atomic mass is 10.2. The first-order valence-corrected chi connectivity index (χ1v) is 5.90. The lowest BCUT2D eigenvalue weighted by Gasteiger charge is -2.05. The largest absolute Gasteiger partial charge is 0.364 e. The summed E-state index contributed by atoms with van der Waals surface area (Å²) < 4.78 is 0. The van der Waals surface area contributed by atoms with Crippen molar-refractivity contribution in [2.45, 2.75) is 6.54 Å². The van der Waals surface area contributed by atoms with Crippen LogP contribution in [-0.2, 0) is 6.54 Å². The van der Waals surface area contributed by atoms with Crippen LogP contribution in [0.1, 0.15) is 5.56 Å². The SMILES string of the molecule is [N-]=[N+]=Nc1nc2ncnc(NCc3ccccc3)c2[nH]1. The van der Waals surface area contributed by atoms with E-state index in [4.69, 9.17) is 5.53 Å². The van der Waals surface area contributed by atoms with Crippen molar-refractivity contribution in [3.05, 3.63) is 52.7 Å². The van der Waals surface area contributed by atoms with Gasteiger partial charge in [-0.1, -0.05) is 30.3 Å². The summed E-state index contributed by atoms with van der Waals surface area (Å²) in [5.41, 5.74) is 10.6. The monoisotopic (exact) mass is 266 g/mol. The summed E-state index contributed by atoms with van der Waals surface area (Å²) in [5, 5.41) is 6.62. The third-order valence-corrected chi connectivity index (χ3v) is 2.72. The van der Waals surface area contributed by atoms with Gasteiger partial charge in [0.05, 0.1) is 0 Å². The molecule has 8 nitrogen and oxygen atoms in total. The fraction of sp³-hybridized carbons (Fsp3) is 0.0833. The number of aromatic amines is 1. The molecule has 0 spiro atoms. The summed E-state index contributed by atoms with van der Waals surface area (Å²) in [6.45, 7) is 0.628. The predicted octanol–water partition coefficient (Wildman–Crippen LogP) is 2.91. The molecule has 20 heavy (non-hydrogen) atoms. The highest BCUT2D eigenvalue weighted by atomic mass is 15.2. The summed E-state index contributed by atoms with van der Waals surface area (Å²) in [5.74, 6) is 0.788. The van der Waals surface area contributed by atoms with E-state index in [0.717, 1.165) is 5.56 Å². The number of imidazole rings is 1. The fourth-order valence-corrected chi connectivity index (χ4v) is 1.82. The van der Waals surface area contributed by atoms with Crippen LogP contribution in [0.25, 0.3) is 21.6 Å². The Morgan fingerprint density at radius 3 is 2.90 bits per heavy atom. The molecule has 0 aliphatic heterocycles. The first-order valence-electron chi connectivity index (χ1n) is 5.90. The Balaban J connectivity index is 1.89. The maximum Gasteiger partial charge on any atom is 0.196 e. The van der Waals surface area contributed by atoms with Gasteiger partial charge < -0.3 is 10.3 Å². The van der Waals surface area contributed by atoms with Crippen molar-refractivity contribution < 1.29 is 0 Å². The number of H-pyrrole nitrogens is 1. The van der Waals surface area contributed by atoms with Gasteiger partial charge in [-0.25, -0.2) is 15.0 Å². The zero-order chi connectivity index (χ0) is 13.8. The lowest BCUT2D eigenvalue weighted by molar-refractivity contribution is 1.10. The number of hydrogen-bond acceptors (Lipinski definition) is 5. The van der Waals surface area contributed by atoms with E-state index in [-0.39, 0.29) is 5.95 Å². The van der Waals surface area contributed by atoms with Crippen LogP contribution in [0, 0.1) is 0 Å². The molecule has 98 valence electrons. The minimum absolute atomic E-state index is 0.172. The molecule has 0 atom stereocenters. The zero-order valence-corrected chi connectivity index (χ0v) is 10.4. The molecule has 0 amide bonds. The topological polar surface area (TPSA) is 115 Å². The minimum atomic E-state index is 0.172. The number of nitrogens with one attached hydrogen (secondary N) is 2. The number of benzene rings is 1. The molecule has 8 heteroatoms. The molecule has 3 aromatic rings. The molecule has 0 saturated carbocycles. The molecule has 2 heterocycles. The van der Waals surface area contributed by atoms with Crippen molar-refractivity contribution in [3.8, 4) is 0 Å². The van der Waals surface area contributed by atoms with Gasteiger partial charge in [0.15, 0.2) is 17.4 Å². The van der Waals surface area contributed by atoms with Gasteiger partial charge in [-0.2, -0.15) is 0 Å². The van der Waals surface area contributed by atoms with Gasteiger partial charge in [-0.05, 0) is 16.2 Å². The molecule has 0 fully saturated rings. The maximum absolute atomic E-state index is 8.41. The Hall–Kier alpha value is -3.12. The average Bonchev–Trinajstić information content (AvgIpc) is 2.89. The molecule has 1 aromatic carbocycles. The Bertz CT molecular complexity index is 773. The quantitative estimate of drug-likeness (QED) is 0.429. The molecule has 2 N–H and O–H groups in total. The van der Waals surface area contributed by atoms with Gasteiger partial charge in [0.1, 0.15) is 11.8 Å². The molecule has 0 saturated heterocycles. The van der Waals surface area contributed by atoms with Crippen LogP contribution in [0.15, 0.2) is 41.8 Å². The highest BCUT2D eigenvalue weighted by molar-refractivity contribution is 5.83. The van der Waals surface area contributed by atoms with E-state index < -0.39 is 0 Å². The predicted molar refractivity (Wildman–Crippen MR) is 74.3 cm³/mol. The highest BCUT2D eigenvalue weighted by Gasteiger charge is 2.08. The van der Waals surface area contributed by atoms with Gasteiger partial charge in [-0.3, -0.25) is 0 Å². The van der Waals surface area contributed by atoms with Crippen molar-refractivity contribution >= 4 is 22.9 Å². The molecule has 0 unspecified atom stereocenters. The molecule has 0 radical (unpaired) electrons. The van der Waals surface area contributed by atoms with Crippen LogP contribution in [0.3, 0.4) is 0 Å². The number of rotatable bonds is 4. The zero-order valence-electron chi connectivity index (χ0n) is 10.4. The van der Waals surface area contributed by atoms with Gasteiger partial charge in [0.2, 0.25) is 0 Å². The molecule has 2 aromatic heterocycles. The van der Waals surface area contributed by atoms with E-state index in [1.807, 2.05) is 30.3 Å². The smallest absolute Gasteiger partial charge is 0.196 e. The first-order chi connectivity index (χ1) is 9.86. The van der Waals surface area contributed by atoms with Crippen LogP contribution in [0.4, 0.5) is 11.8 Å². The highest BCUT2D eigenvalue weighted by Crippen LogP contribution is 2.20. The summed E-state index contributed by atoms with van der Waals surface area (Å²) in [6.07, 6.45) is 1.41. The Morgan fingerprint density at radius 1 is 1.25 bits per heavy atom. The van der Waals surface area contributed by atoms with Gasteiger partial charge >= 0.3 is 0 Å². The second-order valence-electron chi connectivity index (χ2n) is 4.01. The second-order valence-corrected chi connectivity index (χ2v) is 4.01. The molecule has 0 aliphatic carbocycles. The number of hydrogen-bond donors (Lipinski definition) is 2. The number of azide groups is 1. The molecular formula is C12H10N8. The first kappa shape index (κ1) is 11.9. The lowest BCUT2D eigenvalue weighted by Crippen LogP contribution is -2.02. The van der Waals surface area contributed by atoms with Crippen molar-refractivity contribution in [3.63, 3.8) is 0 Å². The number of anilines is 1. The molecule has 0 aliphatic rings. The summed E-state index contributed by atoms with van der Waals surface area (Å²) in [7, 11) is 0. The summed E-state index contributed by atoms with van der Waals surface area (Å²) in [4.78, 5) is 17.8. The second kappa shape index (κ2) is 5.25. The maximum atomic E-state index is 8.41. The normalized spacial score (nSPS) is 10.2. The van der Waals surface area contributed by atoms with Crippen LogP contribution < -0.4 is 5.32 Å². The molecular weight excluding hydrogens is 256 g/mol. The van der Waals surface area contributed by atoms with E-state index in [0.29, 0.717) is 23.5 Å². The Morgan fingerprint density at radius 2 is 2.10 bits per heavy atom. The number of nitrogens with zero attached hydrogens (tertiary/aromatic N) is 6. The summed E-state index contributed by atoms with van der Waals surface area (Å²) >= 11 is 0. The van der Waals surface area contributed by atoms with Gasteiger partial charge in [0.25, 0.3) is 0 Å². The van der Waals surface area contributed by atoms with Crippen molar-refractivity contribution in [2.24, 2.45) is 5.11 Å². The number of fused-ring (bicyclic) bond motifs is 1. The van der Waals surface area contributed by atoms with E-state index >= 15 is 0 Å². The number of aromatic nitrogens is 4. The summed E-state index contributed by atoms with van der Waals surface area (Å²) in [6, 6.07) is 9.95. The minimum Gasteiger partial charge on any atom is -0.364 e. The third kappa shape index (κ3) is 2.36. The van der Waals surface area contributed by atoms with Crippen molar-refractivity contribution in [1.82, 2.24) is 19.9 Å². The third-order valence-electron chi connectivity index (χ3n) is 2.72. The van der Waals surface area contributed by atoms with Gasteiger partial charge in [0, 0.05) is 11.5 Å². The van der Waals surface area contributed by atoms with Crippen molar-refractivity contribution in [1.29, 1.82) is 0 Å². The Kier molecular flexibility index (Phi) is 3.13. The van der Waals surface area contributed by atoms with Crippen LogP contribution >= 0.6 is 0 Å². The fourth-order valence-electron chi connectivity index (χ4n) is 1.82. The van der Waals surface area contributed by atoms with Crippen LogP contribution in [-0.4, -0.2) is 19.9 Å². The van der Waals surface area contributed by atoms with E-state index in [1.165, 1.54) is 6.33 Å². The van der Waals surface area contributed by atoms with E-state index in [2.05, 4.69) is 35.3 Å². The Labute approximate surface area is 113 Å². The van der Waals surface area contributed by atoms with Crippen LogP contribution in [0.2, 0.25) is 0 Å². The average molecular weight is 266 g/mol. The van der Waals surface area contributed by atoms with E-state index in [9.17, 15) is 0 Å². The molecule has 0 bridgehead atoms.